The van der Waals surface area contributed by atoms with Crippen molar-refractivity contribution in [2.45, 2.75) is 36.5 Å². The molecule has 1 aliphatic heterocycles. The number of guanidine groups is 1. The van der Waals surface area contributed by atoms with Crippen LogP contribution in [0.3, 0.4) is 0 Å². The van der Waals surface area contributed by atoms with Crippen molar-refractivity contribution in [2.24, 2.45) is 4.99 Å². The van der Waals surface area contributed by atoms with E-state index in [0.717, 1.165) is 36.8 Å². The van der Waals surface area contributed by atoms with Crippen LogP contribution in [0.4, 0.5) is 8.78 Å². The normalized spacial score (nSPS) is 19.9. The second kappa shape index (κ2) is 8.72. The van der Waals surface area contributed by atoms with E-state index < -0.39 is 0 Å². The molecule has 2 N–H and O–H groups in total. The zero-order valence-electron chi connectivity index (χ0n) is 17.4. The SMILES string of the molecule is CN=C(NCC1(c2cccc(F)c2)CCOCC1)NCC1(c2cccc(F)c2)CC1. The molecule has 1 saturated heterocycles. The monoisotopic (exact) mass is 413 g/mol. The maximum atomic E-state index is 13.9. The number of nitrogens with one attached hydrogen (secondary N) is 2. The Kier molecular flexibility index (Phi) is 6.04. The highest BCUT2D eigenvalue weighted by atomic mass is 19.1. The van der Waals surface area contributed by atoms with Crippen LogP contribution in [0.1, 0.15) is 36.8 Å². The van der Waals surface area contributed by atoms with Crippen molar-refractivity contribution in [3.05, 3.63) is 71.3 Å². The van der Waals surface area contributed by atoms with E-state index in [1.807, 2.05) is 12.1 Å². The van der Waals surface area contributed by atoms with Crippen molar-refractivity contribution in [3.8, 4) is 0 Å². The Hall–Kier alpha value is -2.47. The van der Waals surface area contributed by atoms with Crippen molar-refractivity contribution >= 4 is 5.96 Å². The van der Waals surface area contributed by atoms with Gasteiger partial charge in [-0.05, 0) is 61.1 Å². The molecule has 4 nitrogen and oxygen atoms in total. The summed E-state index contributed by atoms with van der Waals surface area (Å²) in [5.41, 5.74) is 1.80. The van der Waals surface area contributed by atoms with Crippen molar-refractivity contribution in [2.75, 3.05) is 33.4 Å². The molecule has 4 rings (SSSR count). The number of benzene rings is 2. The van der Waals surface area contributed by atoms with E-state index in [9.17, 15) is 8.78 Å². The van der Waals surface area contributed by atoms with E-state index in [2.05, 4.69) is 15.6 Å². The number of nitrogens with zero attached hydrogens (tertiary/aromatic N) is 1. The summed E-state index contributed by atoms with van der Waals surface area (Å²) in [5, 5.41) is 6.87. The first-order valence-corrected chi connectivity index (χ1v) is 10.6. The van der Waals surface area contributed by atoms with Gasteiger partial charge in [-0.1, -0.05) is 24.3 Å². The average molecular weight is 414 g/mol. The molecule has 6 heteroatoms. The topological polar surface area (TPSA) is 45.7 Å². The third-order valence-corrected chi connectivity index (χ3v) is 6.59. The number of hydrogen-bond donors (Lipinski definition) is 2. The van der Waals surface area contributed by atoms with Crippen LogP contribution in [0.25, 0.3) is 0 Å². The highest BCUT2D eigenvalue weighted by Crippen LogP contribution is 2.47. The molecular weight excluding hydrogens is 384 g/mol. The van der Waals surface area contributed by atoms with E-state index in [-0.39, 0.29) is 22.5 Å². The fourth-order valence-electron chi connectivity index (χ4n) is 4.41. The van der Waals surface area contributed by atoms with E-state index >= 15 is 0 Å². The summed E-state index contributed by atoms with van der Waals surface area (Å²) in [5.74, 6) is 0.296. The summed E-state index contributed by atoms with van der Waals surface area (Å²) in [6.45, 7) is 2.67. The van der Waals surface area contributed by atoms with E-state index in [4.69, 9.17) is 4.74 Å². The first-order chi connectivity index (χ1) is 14.6. The van der Waals surface area contributed by atoms with E-state index in [1.54, 1.807) is 31.3 Å². The molecule has 1 aliphatic carbocycles. The molecule has 30 heavy (non-hydrogen) atoms. The molecule has 2 aliphatic rings. The predicted octanol–water partition coefficient (Wildman–Crippen LogP) is 3.91. The molecule has 0 aromatic heterocycles. The van der Waals surface area contributed by atoms with Gasteiger partial charge in [-0.3, -0.25) is 4.99 Å². The van der Waals surface area contributed by atoms with Gasteiger partial charge in [-0.25, -0.2) is 8.78 Å². The van der Waals surface area contributed by atoms with Gasteiger partial charge >= 0.3 is 0 Å². The van der Waals surface area contributed by atoms with Gasteiger partial charge in [0, 0.05) is 44.2 Å². The quantitative estimate of drug-likeness (QED) is 0.558. The Morgan fingerprint density at radius 1 is 0.867 bits per heavy atom. The van der Waals surface area contributed by atoms with Gasteiger partial charge < -0.3 is 15.4 Å². The Labute approximate surface area is 176 Å². The van der Waals surface area contributed by atoms with Crippen molar-refractivity contribution in [1.82, 2.24) is 10.6 Å². The fourth-order valence-corrected chi connectivity index (χ4v) is 4.41. The molecule has 0 spiro atoms. The summed E-state index contributed by atoms with van der Waals surface area (Å²) < 4.78 is 33.1. The van der Waals surface area contributed by atoms with Crippen molar-refractivity contribution in [3.63, 3.8) is 0 Å². The minimum absolute atomic E-state index is 0.0291. The minimum atomic E-state index is -0.216. The highest BCUT2D eigenvalue weighted by Gasteiger charge is 2.44. The molecule has 1 heterocycles. The lowest BCUT2D eigenvalue weighted by molar-refractivity contribution is 0.0513. The smallest absolute Gasteiger partial charge is 0.191 e. The van der Waals surface area contributed by atoms with Gasteiger partial charge in [0.2, 0.25) is 0 Å². The highest BCUT2D eigenvalue weighted by molar-refractivity contribution is 5.80. The first kappa shape index (κ1) is 20.8. The summed E-state index contributed by atoms with van der Waals surface area (Å²) in [7, 11) is 1.75. The maximum absolute atomic E-state index is 13.9. The molecule has 0 bridgehead atoms. The molecular formula is C24H29F2N3O. The zero-order chi connectivity index (χ0) is 21.0. The number of ether oxygens (including phenoxy) is 1. The maximum Gasteiger partial charge on any atom is 0.191 e. The van der Waals surface area contributed by atoms with Crippen LogP contribution in [-0.2, 0) is 15.6 Å². The molecule has 1 saturated carbocycles. The number of rotatable bonds is 6. The van der Waals surface area contributed by atoms with Gasteiger partial charge in [-0.2, -0.15) is 0 Å². The minimum Gasteiger partial charge on any atom is -0.381 e. The Bertz CT molecular complexity index is 905. The van der Waals surface area contributed by atoms with Crippen LogP contribution in [0.5, 0.6) is 0 Å². The van der Waals surface area contributed by atoms with Crippen LogP contribution in [-0.4, -0.2) is 39.3 Å². The molecule has 2 aromatic rings. The molecule has 2 aromatic carbocycles. The lowest BCUT2D eigenvalue weighted by Crippen LogP contribution is -2.49. The standard InChI is InChI=1S/C24H29F2N3O/c1-27-22(28-16-23(8-9-23)18-4-2-6-20(25)14-18)29-17-24(10-12-30-13-11-24)19-5-3-7-21(26)15-19/h2-7,14-15H,8-13,16-17H2,1H3,(H2,27,28,29). The van der Waals surface area contributed by atoms with E-state index in [1.165, 1.54) is 12.1 Å². The van der Waals surface area contributed by atoms with Gasteiger partial charge in [-0.15, -0.1) is 0 Å². The first-order valence-electron chi connectivity index (χ1n) is 10.6. The van der Waals surface area contributed by atoms with Crippen molar-refractivity contribution < 1.29 is 13.5 Å². The molecule has 0 radical (unpaired) electrons. The fraction of sp³-hybridized carbons (Fsp3) is 0.458. The molecule has 160 valence electrons. The molecule has 0 unspecified atom stereocenters. The summed E-state index contributed by atoms with van der Waals surface area (Å²) in [6, 6.07) is 13.7. The lowest BCUT2D eigenvalue weighted by atomic mass is 9.74. The van der Waals surface area contributed by atoms with Crippen molar-refractivity contribution in [1.29, 1.82) is 0 Å². The van der Waals surface area contributed by atoms with Crippen LogP contribution >= 0.6 is 0 Å². The van der Waals surface area contributed by atoms with Crippen LogP contribution in [0, 0.1) is 11.6 Å². The summed E-state index contributed by atoms with van der Waals surface area (Å²) >= 11 is 0. The van der Waals surface area contributed by atoms with Gasteiger partial charge in [0.25, 0.3) is 0 Å². The van der Waals surface area contributed by atoms with Crippen LogP contribution < -0.4 is 10.6 Å². The largest absolute Gasteiger partial charge is 0.381 e. The van der Waals surface area contributed by atoms with Gasteiger partial charge in [0.05, 0.1) is 0 Å². The number of aliphatic imine (C=N–C) groups is 1. The molecule has 0 atom stereocenters. The Balaban J connectivity index is 1.42. The van der Waals surface area contributed by atoms with Crippen LogP contribution in [0.2, 0.25) is 0 Å². The Morgan fingerprint density at radius 2 is 1.37 bits per heavy atom. The van der Waals surface area contributed by atoms with E-state index in [0.29, 0.717) is 32.3 Å². The third-order valence-electron chi connectivity index (χ3n) is 6.59. The molecule has 2 fully saturated rings. The summed E-state index contributed by atoms with van der Waals surface area (Å²) in [4.78, 5) is 4.37. The van der Waals surface area contributed by atoms with Gasteiger partial charge in [0.1, 0.15) is 11.6 Å². The van der Waals surface area contributed by atoms with Crippen LogP contribution in [0.15, 0.2) is 53.5 Å². The average Bonchev–Trinajstić information content (AvgIpc) is 3.56. The van der Waals surface area contributed by atoms with Gasteiger partial charge in [0.15, 0.2) is 5.96 Å². The number of hydrogen-bond acceptors (Lipinski definition) is 2. The second-order valence-electron chi connectivity index (χ2n) is 8.47. The summed E-state index contributed by atoms with van der Waals surface area (Å²) in [6.07, 6.45) is 3.72. The number of halogens is 2. The molecule has 0 amide bonds. The second-order valence-corrected chi connectivity index (χ2v) is 8.47. The Morgan fingerprint density at radius 3 is 1.80 bits per heavy atom. The lowest BCUT2D eigenvalue weighted by Gasteiger charge is -2.38. The third kappa shape index (κ3) is 4.48. The predicted molar refractivity (Wildman–Crippen MR) is 115 cm³/mol. The zero-order valence-corrected chi connectivity index (χ0v) is 17.4.